The van der Waals surface area contributed by atoms with Crippen LogP contribution in [0.5, 0.6) is 0 Å². The van der Waals surface area contributed by atoms with Gasteiger partial charge in [0.25, 0.3) is 0 Å². The number of hydrogen-bond donors (Lipinski definition) is 0. The van der Waals surface area contributed by atoms with E-state index in [2.05, 4.69) is 36.0 Å². The van der Waals surface area contributed by atoms with Crippen LogP contribution in [0, 0.1) is 23.7 Å². The molecule has 1 heterocycles. The Bertz CT molecular complexity index is 592. The third kappa shape index (κ3) is 6.32. The van der Waals surface area contributed by atoms with Gasteiger partial charge in [-0.15, -0.1) is 0 Å². The number of cyclic esters (lactones) is 2. The Morgan fingerprint density at radius 1 is 1.04 bits per heavy atom. The minimum Gasteiger partial charge on any atom is -0.469 e. The monoisotopic (exact) mass is 390 g/mol. The molecule has 0 aromatic carbocycles. The summed E-state index contributed by atoms with van der Waals surface area (Å²) in [5, 5.41) is 0. The van der Waals surface area contributed by atoms with Gasteiger partial charge in [0.2, 0.25) is 0 Å². The molecule has 1 saturated heterocycles. The van der Waals surface area contributed by atoms with E-state index in [9.17, 15) is 14.4 Å². The van der Waals surface area contributed by atoms with Gasteiger partial charge in [-0.05, 0) is 31.6 Å². The lowest BCUT2D eigenvalue weighted by atomic mass is 9.70. The number of methoxy groups -OCH3 is 1. The van der Waals surface area contributed by atoms with Gasteiger partial charge in [0, 0.05) is 12.3 Å². The number of hydrogen-bond acceptors (Lipinski definition) is 5. The quantitative estimate of drug-likeness (QED) is 0.208. The summed E-state index contributed by atoms with van der Waals surface area (Å²) in [5.41, 5.74) is 0. The minimum atomic E-state index is -0.360. The van der Waals surface area contributed by atoms with Gasteiger partial charge < -0.3 is 9.47 Å². The number of carbonyl (C=O) groups excluding carboxylic acids is 3. The molecule has 2 rings (SSSR count). The molecule has 4 unspecified atom stereocenters. The van der Waals surface area contributed by atoms with Gasteiger partial charge in [0.15, 0.2) is 0 Å². The predicted molar refractivity (Wildman–Crippen MR) is 107 cm³/mol. The molecule has 5 heteroatoms. The molecule has 2 aliphatic rings. The summed E-state index contributed by atoms with van der Waals surface area (Å²) in [5.74, 6) is -1.42. The Kier molecular flexibility index (Phi) is 9.45. The number of unbranched alkanes of at least 4 members (excludes halogenated alkanes) is 6. The van der Waals surface area contributed by atoms with Crippen LogP contribution in [0.2, 0.25) is 0 Å². The summed E-state index contributed by atoms with van der Waals surface area (Å²) in [6, 6.07) is 0. The summed E-state index contributed by atoms with van der Waals surface area (Å²) in [6.45, 7) is 2.13. The van der Waals surface area contributed by atoms with Crippen molar-refractivity contribution in [1.29, 1.82) is 0 Å². The minimum absolute atomic E-state index is 0.0399. The van der Waals surface area contributed by atoms with Crippen LogP contribution >= 0.6 is 0 Å². The van der Waals surface area contributed by atoms with Gasteiger partial charge in [-0.2, -0.15) is 0 Å². The second-order valence-electron chi connectivity index (χ2n) is 7.87. The van der Waals surface area contributed by atoms with E-state index in [1.54, 1.807) is 0 Å². The lowest BCUT2D eigenvalue weighted by Gasteiger charge is -2.29. The Morgan fingerprint density at radius 3 is 2.50 bits per heavy atom. The molecule has 1 aliphatic carbocycles. The average molecular weight is 391 g/mol. The first-order valence-corrected chi connectivity index (χ1v) is 10.8. The zero-order valence-corrected chi connectivity index (χ0v) is 17.2. The molecule has 156 valence electrons. The Labute approximate surface area is 168 Å². The summed E-state index contributed by atoms with van der Waals surface area (Å²) in [4.78, 5) is 35.4. The van der Waals surface area contributed by atoms with Crippen molar-refractivity contribution in [2.24, 2.45) is 23.7 Å². The Balaban J connectivity index is 1.74. The van der Waals surface area contributed by atoms with Crippen LogP contribution in [-0.2, 0) is 23.9 Å². The van der Waals surface area contributed by atoms with Crippen molar-refractivity contribution in [2.75, 3.05) is 7.11 Å². The molecular weight excluding hydrogens is 356 g/mol. The number of carbonyl (C=O) groups is 3. The van der Waals surface area contributed by atoms with E-state index in [0.29, 0.717) is 6.42 Å². The maximum absolute atomic E-state index is 12.2. The molecule has 0 N–H and O–H groups in total. The van der Waals surface area contributed by atoms with Crippen LogP contribution in [0.3, 0.4) is 0 Å². The van der Waals surface area contributed by atoms with E-state index in [1.165, 1.54) is 7.11 Å². The molecular formula is C23H34O5. The van der Waals surface area contributed by atoms with E-state index in [1.807, 2.05) is 0 Å². The van der Waals surface area contributed by atoms with Crippen LogP contribution in [0.1, 0.15) is 71.1 Å². The maximum Gasteiger partial charge on any atom is 0.318 e. The molecule has 1 fully saturated rings. The van der Waals surface area contributed by atoms with Crippen molar-refractivity contribution in [1.82, 2.24) is 0 Å². The molecule has 0 aromatic rings. The SMILES string of the molecule is CCCCC1C=CC(/C=C/CCCCCCCC(=O)OC)C2C(=O)OC(=O)C12. The highest BCUT2D eigenvalue weighted by Gasteiger charge is 2.51. The van der Waals surface area contributed by atoms with Crippen LogP contribution in [0.25, 0.3) is 0 Å². The highest BCUT2D eigenvalue weighted by Crippen LogP contribution is 2.42. The van der Waals surface area contributed by atoms with Crippen molar-refractivity contribution < 1.29 is 23.9 Å². The molecule has 5 nitrogen and oxygen atoms in total. The second kappa shape index (κ2) is 11.8. The van der Waals surface area contributed by atoms with Crippen LogP contribution < -0.4 is 0 Å². The summed E-state index contributed by atoms with van der Waals surface area (Å²) < 4.78 is 9.60. The molecule has 0 saturated carbocycles. The smallest absolute Gasteiger partial charge is 0.318 e. The van der Waals surface area contributed by atoms with Gasteiger partial charge in [-0.1, -0.05) is 63.3 Å². The van der Waals surface area contributed by atoms with Gasteiger partial charge in [0.1, 0.15) is 0 Å². The molecule has 0 bridgehead atoms. The highest BCUT2D eigenvalue weighted by molar-refractivity contribution is 5.97. The van der Waals surface area contributed by atoms with Crippen LogP contribution in [0.4, 0.5) is 0 Å². The molecule has 0 spiro atoms. The standard InChI is InChI=1S/C23H34O5/c1-3-4-12-17-15-16-18(21-20(17)22(25)28-23(21)26)13-10-8-6-5-7-9-11-14-19(24)27-2/h10,13,15-18,20-21H,3-9,11-12,14H2,1-2H3/b13-10+. The first-order valence-electron chi connectivity index (χ1n) is 10.8. The normalized spacial score (nSPS) is 26.5. The molecule has 0 aromatic heterocycles. The average Bonchev–Trinajstić information content (AvgIpc) is 3.00. The molecule has 4 atom stereocenters. The highest BCUT2D eigenvalue weighted by atomic mass is 16.6. The summed E-state index contributed by atoms with van der Waals surface area (Å²) >= 11 is 0. The van der Waals surface area contributed by atoms with Gasteiger partial charge >= 0.3 is 17.9 Å². The van der Waals surface area contributed by atoms with Crippen molar-refractivity contribution in [3.63, 3.8) is 0 Å². The number of rotatable bonds is 12. The van der Waals surface area contributed by atoms with Crippen molar-refractivity contribution in [2.45, 2.75) is 71.1 Å². The second-order valence-corrected chi connectivity index (χ2v) is 7.87. The van der Waals surface area contributed by atoms with Crippen molar-refractivity contribution in [3.8, 4) is 0 Å². The first-order chi connectivity index (χ1) is 13.6. The molecule has 28 heavy (non-hydrogen) atoms. The fourth-order valence-corrected chi connectivity index (χ4v) is 4.19. The van der Waals surface area contributed by atoms with Gasteiger partial charge in [0.05, 0.1) is 18.9 Å². The fourth-order valence-electron chi connectivity index (χ4n) is 4.19. The zero-order valence-electron chi connectivity index (χ0n) is 17.2. The summed E-state index contributed by atoms with van der Waals surface area (Å²) in [7, 11) is 1.42. The molecule has 0 radical (unpaired) electrons. The maximum atomic E-state index is 12.2. The fraction of sp³-hybridized carbons (Fsp3) is 0.696. The van der Waals surface area contributed by atoms with E-state index in [0.717, 1.165) is 57.8 Å². The van der Waals surface area contributed by atoms with E-state index < -0.39 is 0 Å². The van der Waals surface area contributed by atoms with Gasteiger partial charge in [-0.25, -0.2) is 0 Å². The van der Waals surface area contributed by atoms with Gasteiger partial charge in [-0.3, -0.25) is 14.4 Å². The Hall–Kier alpha value is -1.91. The first kappa shape index (κ1) is 22.4. The molecule has 0 amide bonds. The third-order valence-electron chi connectivity index (χ3n) is 5.82. The zero-order chi connectivity index (χ0) is 20.4. The van der Waals surface area contributed by atoms with E-state index in [4.69, 9.17) is 4.74 Å². The third-order valence-corrected chi connectivity index (χ3v) is 5.82. The number of fused-ring (bicyclic) bond motifs is 1. The largest absolute Gasteiger partial charge is 0.469 e. The predicted octanol–water partition coefficient (Wildman–Crippen LogP) is 4.75. The van der Waals surface area contributed by atoms with E-state index >= 15 is 0 Å². The van der Waals surface area contributed by atoms with Crippen molar-refractivity contribution >= 4 is 17.9 Å². The van der Waals surface area contributed by atoms with Crippen LogP contribution in [-0.4, -0.2) is 25.0 Å². The van der Waals surface area contributed by atoms with E-state index in [-0.39, 0.29) is 41.6 Å². The number of esters is 3. The summed E-state index contributed by atoms with van der Waals surface area (Å²) in [6.07, 6.45) is 18.2. The molecule has 1 aliphatic heterocycles. The topological polar surface area (TPSA) is 69.7 Å². The van der Waals surface area contributed by atoms with Crippen molar-refractivity contribution in [3.05, 3.63) is 24.3 Å². The number of allylic oxidation sites excluding steroid dienone is 4. The van der Waals surface area contributed by atoms with Crippen LogP contribution in [0.15, 0.2) is 24.3 Å². The Morgan fingerprint density at radius 2 is 1.75 bits per heavy atom. The lowest BCUT2D eigenvalue weighted by Crippen LogP contribution is -2.33. The number of ether oxygens (including phenoxy) is 2. The lowest BCUT2D eigenvalue weighted by molar-refractivity contribution is -0.154.